The molecule has 1 aliphatic rings. The van der Waals surface area contributed by atoms with E-state index in [1.165, 1.54) is 18.4 Å². The Morgan fingerprint density at radius 3 is 1.97 bits per heavy atom. The lowest BCUT2D eigenvalue weighted by Crippen LogP contribution is -2.17. The predicted molar refractivity (Wildman–Crippen MR) is 137 cm³/mol. The Kier molecular flexibility index (Phi) is 22.5. The van der Waals surface area contributed by atoms with Gasteiger partial charge in [0, 0.05) is 11.5 Å². The summed E-state index contributed by atoms with van der Waals surface area (Å²) in [4.78, 5) is 0. The van der Waals surface area contributed by atoms with Crippen LogP contribution in [0.5, 0.6) is 11.5 Å². The van der Waals surface area contributed by atoms with Crippen LogP contribution >= 0.6 is 0 Å². The number of aromatic hydroxyl groups is 2. The van der Waals surface area contributed by atoms with Gasteiger partial charge in [0.2, 0.25) is 0 Å². The van der Waals surface area contributed by atoms with E-state index in [4.69, 9.17) is 0 Å². The van der Waals surface area contributed by atoms with Crippen molar-refractivity contribution in [3.8, 4) is 11.5 Å². The van der Waals surface area contributed by atoms with Gasteiger partial charge in [-0.15, -0.1) is 0 Å². The van der Waals surface area contributed by atoms with Crippen LogP contribution in [0.3, 0.4) is 0 Å². The minimum Gasteiger partial charge on any atom is -0.507 e. The topological polar surface area (TPSA) is 40.5 Å². The fourth-order valence-electron chi connectivity index (χ4n) is 3.65. The third kappa shape index (κ3) is 9.56. The van der Waals surface area contributed by atoms with Gasteiger partial charge < -0.3 is 10.2 Å². The van der Waals surface area contributed by atoms with Gasteiger partial charge in [0.1, 0.15) is 11.5 Å². The summed E-state index contributed by atoms with van der Waals surface area (Å²) in [5.74, 6) is 0.741. The molecule has 2 rings (SSSR count). The van der Waals surface area contributed by atoms with Crippen molar-refractivity contribution in [1.29, 1.82) is 0 Å². The van der Waals surface area contributed by atoms with E-state index in [-0.39, 0.29) is 67.9 Å². The summed E-state index contributed by atoms with van der Waals surface area (Å²) in [6, 6.07) is 3.66. The molecule has 0 aliphatic heterocycles. The van der Waals surface area contributed by atoms with Crippen molar-refractivity contribution in [3.63, 3.8) is 0 Å². The molecule has 0 saturated carbocycles. The molecular formula is C27H54O2. The Labute approximate surface area is 184 Å². The van der Waals surface area contributed by atoms with Crippen molar-refractivity contribution in [1.82, 2.24) is 0 Å². The standard InChI is InChI=1S/C21H30O2.6CH4/c1-5-6-7-8-16-12-19(22)21(20(23)13-16)18-11-15(4)9-10-17(18)14(2)3;;;;;;/h11-13,17-18,22-23H,2,5-10H2,1,3-4H3;6*1H4/t17-,18+;;;;;;/m1....../s1. The minimum absolute atomic E-state index is 0. The monoisotopic (exact) mass is 410 g/mol. The Bertz CT molecular complexity index is 576. The van der Waals surface area contributed by atoms with Gasteiger partial charge in [0.25, 0.3) is 0 Å². The Hall–Kier alpha value is -1.70. The van der Waals surface area contributed by atoms with Crippen LogP contribution in [0.15, 0.2) is 35.9 Å². The molecule has 174 valence electrons. The summed E-state index contributed by atoms with van der Waals surface area (Å²) in [6.45, 7) is 10.4. The van der Waals surface area contributed by atoms with E-state index in [1.807, 2.05) is 19.1 Å². The maximum absolute atomic E-state index is 10.5. The number of benzene rings is 1. The smallest absolute Gasteiger partial charge is 0.123 e. The second-order valence-electron chi connectivity index (χ2n) is 7.04. The van der Waals surface area contributed by atoms with E-state index >= 15 is 0 Å². The number of unbranched alkanes of at least 4 members (excludes halogenated alkanes) is 2. The number of rotatable bonds is 6. The van der Waals surface area contributed by atoms with Crippen LogP contribution in [-0.2, 0) is 6.42 Å². The fourth-order valence-corrected chi connectivity index (χ4v) is 3.65. The predicted octanol–water partition coefficient (Wildman–Crippen LogP) is 9.66. The number of phenolic OH excluding ortho intramolecular Hbond substituents is 2. The number of hydrogen-bond donors (Lipinski definition) is 2. The molecule has 0 unspecified atom stereocenters. The normalized spacial score (nSPS) is 16.7. The molecule has 0 spiro atoms. The van der Waals surface area contributed by atoms with Crippen LogP contribution in [0.4, 0.5) is 0 Å². The molecule has 2 N–H and O–H groups in total. The maximum atomic E-state index is 10.5. The second kappa shape index (κ2) is 17.2. The average Bonchev–Trinajstić information content (AvgIpc) is 2.46. The van der Waals surface area contributed by atoms with Crippen molar-refractivity contribution in [2.24, 2.45) is 5.92 Å². The van der Waals surface area contributed by atoms with Crippen molar-refractivity contribution < 1.29 is 10.2 Å². The largest absolute Gasteiger partial charge is 0.507 e. The molecule has 0 saturated heterocycles. The lowest BCUT2D eigenvalue weighted by atomic mass is 9.73. The quantitative estimate of drug-likeness (QED) is 0.362. The van der Waals surface area contributed by atoms with Crippen LogP contribution in [0.2, 0.25) is 0 Å². The maximum Gasteiger partial charge on any atom is 0.123 e. The molecule has 0 amide bonds. The van der Waals surface area contributed by atoms with E-state index < -0.39 is 0 Å². The van der Waals surface area contributed by atoms with Gasteiger partial charge in [0.15, 0.2) is 0 Å². The summed E-state index contributed by atoms with van der Waals surface area (Å²) < 4.78 is 0. The van der Waals surface area contributed by atoms with Crippen molar-refractivity contribution in [2.75, 3.05) is 0 Å². The van der Waals surface area contributed by atoms with Gasteiger partial charge in [-0.25, -0.2) is 0 Å². The van der Waals surface area contributed by atoms with E-state index in [1.54, 1.807) is 0 Å². The molecular weight excluding hydrogens is 356 g/mol. The van der Waals surface area contributed by atoms with Crippen molar-refractivity contribution in [3.05, 3.63) is 47.1 Å². The highest BCUT2D eigenvalue weighted by atomic mass is 16.3. The van der Waals surface area contributed by atoms with Gasteiger partial charge in [-0.05, 0) is 63.1 Å². The molecule has 2 nitrogen and oxygen atoms in total. The highest BCUT2D eigenvalue weighted by Gasteiger charge is 2.30. The first-order chi connectivity index (χ1) is 10.9. The Balaban J connectivity index is -0.000000320. The molecule has 1 aromatic rings. The first-order valence-corrected chi connectivity index (χ1v) is 8.81. The molecule has 0 bridgehead atoms. The van der Waals surface area contributed by atoms with E-state index in [9.17, 15) is 10.2 Å². The van der Waals surface area contributed by atoms with Crippen LogP contribution in [0.1, 0.15) is 114 Å². The third-order valence-electron chi connectivity index (χ3n) is 4.98. The van der Waals surface area contributed by atoms with E-state index in [0.29, 0.717) is 5.56 Å². The molecule has 0 heterocycles. The summed E-state index contributed by atoms with van der Waals surface area (Å²) >= 11 is 0. The van der Waals surface area contributed by atoms with E-state index in [2.05, 4.69) is 26.5 Å². The van der Waals surface area contributed by atoms with Crippen LogP contribution in [-0.4, -0.2) is 10.2 Å². The first-order valence-electron chi connectivity index (χ1n) is 8.81. The number of allylic oxidation sites excluding steroid dienone is 3. The molecule has 2 heteroatoms. The zero-order valence-electron chi connectivity index (χ0n) is 14.7. The summed E-state index contributed by atoms with van der Waals surface area (Å²) in [5, 5.41) is 21.1. The SMILES string of the molecule is C.C.C.C.C.C.C=C(C)[C@H]1CCC(C)=C[C@@H]1c1c(O)cc(CCCCC)cc1O. The summed E-state index contributed by atoms with van der Waals surface area (Å²) in [7, 11) is 0. The lowest BCUT2D eigenvalue weighted by Gasteiger charge is -2.31. The van der Waals surface area contributed by atoms with Gasteiger partial charge in [0.05, 0.1) is 0 Å². The Morgan fingerprint density at radius 1 is 1.00 bits per heavy atom. The third-order valence-corrected chi connectivity index (χ3v) is 4.98. The highest BCUT2D eigenvalue weighted by molar-refractivity contribution is 5.51. The molecule has 29 heavy (non-hydrogen) atoms. The van der Waals surface area contributed by atoms with Crippen molar-refractivity contribution >= 4 is 0 Å². The van der Waals surface area contributed by atoms with Gasteiger partial charge in [-0.1, -0.05) is 88.1 Å². The lowest BCUT2D eigenvalue weighted by molar-refractivity contribution is 0.406. The Morgan fingerprint density at radius 2 is 1.52 bits per heavy atom. The molecule has 0 aromatic heterocycles. The second-order valence-corrected chi connectivity index (χ2v) is 7.04. The zero-order chi connectivity index (χ0) is 17.0. The number of phenols is 2. The van der Waals surface area contributed by atoms with Crippen molar-refractivity contribution in [2.45, 2.75) is 110 Å². The fraction of sp³-hybridized carbons (Fsp3) is 0.630. The molecule has 0 fully saturated rings. The molecule has 1 aliphatic carbocycles. The first kappa shape index (κ1) is 38.0. The average molecular weight is 411 g/mol. The molecule has 0 radical (unpaired) electrons. The van der Waals surface area contributed by atoms with Crippen LogP contribution in [0, 0.1) is 5.92 Å². The highest BCUT2D eigenvalue weighted by Crippen LogP contribution is 2.46. The van der Waals surface area contributed by atoms with Crippen LogP contribution in [0.25, 0.3) is 0 Å². The van der Waals surface area contributed by atoms with Gasteiger partial charge >= 0.3 is 0 Å². The summed E-state index contributed by atoms with van der Waals surface area (Å²) in [5.41, 5.74) is 4.11. The van der Waals surface area contributed by atoms with E-state index in [0.717, 1.165) is 36.8 Å². The molecule has 2 atom stereocenters. The number of hydrogen-bond acceptors (Lipinski definition) is 2. The number of aryl methyl sites for hydroxylation is 1. The minimum atomic E-state index is 0. The molecule has 1 aromatic carbocycles. The zero-order valence-corrected chi connectivity index (χ0v) is 14.7. The van der Waals surface area contributed by atoms with Gasteiger partial charge in [-0.3, -0.25) is 0 Å². The summed E-state index contributed by atoms with van der Waals surface area (Å²) in [6.07, 6.45) is 8.61. The van der Waals surface area contributed by atoms with Crippen LogP contribution < -0.4 is 0 Å². The van der Waals surface area contributed by atoms with Gasteiger partial charge in [-0.2, -0.15) is 0 Å².